The van der Waals surface area contributed by atoms with E-state index in [4.69, 9.17) is 13.9 Å². The summed E-state index contributed by atoms with van der Waals surface area (Å²) in [6, 6.07) is 8.99. The van der Waals surface area contributed by atoms with E-state index in [-0.39, 0.29) is 25.2 Å². The Labute approximate surface area is 139 Å². The van der Waals surface area contributed by atoms with Gasteiger partial charge in [0.05, 0.1) is 19.4 Å². The highest BCUT2D eigenvalue weighted by atomic mass is 16.7. The summed E-state index contributed by atoms with van der Waals surface area (Å²) in [5.74, 6) is 1.57. The molecule has 0 saturated carbocycles. The van der Waals surface area contributed by atoms with Crippen molar-refractivity contribution in [1.29, 1.82) is 0 Å². The van der Waals surface area contributed by atoms with Crippen LogP contribution in [-0.4, -0.2) is 30.1 Å². The van der Waals surface area contributed by atoms with Crippen molar-refractivity contribution in [2.75, 3.05) is 13.3 Å². The molecule has 2 heterocycles. The van der Waals surface area contributed by atoms with Gasteiger partial charge < -0.3 is 24.1 Å². The van der Waals surface area contributed by atoms with Gasteiger partial charge in [0.15, 0.2) is 11.5 Å². The first kappa shape index (κ1) is 15.9. The zero-order chi connectivity index (χ0) is 16.9. The zero-order valence-electron chi connectivity index (χ0n) is 13.3. The second-order valence-corrected chi connectivity index (χ2v) is 5.42. The van der Waals surface area contributed by atoms with Gasteiger partial charge >= 0.3 is 0 Å². The van der Waals surface area contributed by atoms with Crippen molar-refractivity contribution in [2.24, 2.45) is 0 Å². The highest BCUT2D eigenvalue weighted by Gasteiger charge is 2.17. The number of ether oxygens (including phenoxy) is 2. The molecule has 0 fully saturated rings. The second-order valence-electron chi connectivity index (χ2n) is 5.42. The zero-order valence-corrected chi connectivity index (χ0v) is 13.3. The van der Waals surface area contributed by atoms with Crippen molar-refractivity contribution < 1.29 is 23.5 Å². The topological polar surface area (TPSA) is 81.0 Å². The molecule has 0 spiro atoms. The predicted octanol–water partition coefficient (Wildman–Crippen LogP) is 1.67. The number of fused-ring (bicyclic) bond motifs is 1. The number of nitrogens with one attached hydrogen (secondary N) is 1. The standard InChI is InChI=1S/C17H18N2O5/c1-12(20)19(10-17(21)18-8-14-3-2-6-22-14)9-13-4-5-15-16(7-13)24-11-23-15/h2-7H,8-11H2,1H3,(H,18,21). The molecule has 126 valence electrons. The molecule has 3 rings (SSSR count). The lowest BCUT2D eigenvalue weighted by molar-refractivity contribution is -0.135. The monoisotopic (exact) mass is 330 g/mol. The molecule has 7 heteroatoms. The third-order valence-corrected chi connectivity index (χ3v) is 3.63. The lowest BCUT2D eigenvalue weighted by atomic mass is 10.2. The minimum atomic E-state index is -0.248. The molecule has 1 aromatic heterocycles. The van der Waals surface area contributed by atoms with Crippen LogP contribution in [0.4, 0.5) is 0 Å². The molecule has 0 unspecified atom stereocenters. The Hall–Kier alpha value is -2.96. The minimum absolute atomic E-state index is 0.0233. The third kappa shape index (κ3) is 3.87. The summed E-state index contributed by atoms with van der Waals surface area (Å²) in [6.07, 6.45) is 1.54. The van der Waals surface area contributed by atoms with E-state index in [0.29, 0.717) is 30.3 Å². The molecule has 7 nitrogen and oxygen atoms in total. The van der Waals surface area contributed by atoms with E-state index < -0.39 is 0 Å². The molecule has 0 aliphatic carbocycles. The van der Waals surface area contributed by atoms with E-state index >= 15 is 0 Å². The second kappa shape index (κ2) is 7.08. The average Bonchev–Trinajstić information content (AvgIpc) is 3.23. The molecule has 1 aliphatic heterocycles. The largest absolute Gasteiger partial charge is 0.467 e. The van der Waals surface area contributed by atoms with Crippen LogP contribution in [0.2, 0.25) is 0 Å². The first-order valence-electron chi connectivity index (χ1n) is 7.55. The molecule has 1 N–H and O–H groups in total. The summed E-state index contributed by atoms with van der Waals surface area (Å²) >= 11 is 0. The SMILES string of the molecule is CC(=O)N(CC(=O)NCc1ccco1)Cc1ccc2c(c1)OCO2. The van der Waals surface area contributed by atoms with Gasteiger partial charge in [0.1, 0.15) is 5.76 Å². The van der Waals surface area contributed by atoms with Gasteiger partial charge in [-0.2, -0.15) is 0 Å². The Morgan fingerprint density at radius 1 is 1.21 bits per heavy atom. The van der Waals surface area contributed by atoms with Gasteiger partial charge in [0.2, 0.25) is 18.6 Å². The van der Waals surface area contributed by atoms with E-state index in [1.54, 1.807) is 24.5 Å². The molecular weight excluding hydrogens is 312 g/mol. The molecule has 0 bridgehead atoms. The lowest BCUT2D eigenvalue weighted by Gasteiger charge is -2.20. The van der Waals surface area contributed by atoms with Gasteiger partial charge in [-0.25, -0.2) is 0 Å². The molecule has 0 radical (unpaired) electrons. The predicted molar refractivity (Wildman–Crippen MR) is 84.2 cm³/mol. The van der Waals surface area contributed by atoms with Crippen LogP contribution in [0.1, 0.15) is 18.2 Å². The lowest BCUT2D eigenvalue weighted by Crippen LogP contribution is -2.39. The van der Waals surface area contributed by atoms with Crippen molar-refractivity contribution in [3.05, 3.63) is 47.9 Å². The van der Waals surface area contributed by atoms with Gasteiger partial charge in [-0.3, -0.25) is 9.59 Å². The van der Waals surface area contributed by atoms with Gasteiger partial charge in [0.25, 0.3) is 0 Å². The summed E-state index contributed by atoms with van der Waals surface area (Å²) in [4.78, 5) is 25.3. The highest BCUT2D eigenvalue weighted by molar-refractivity contribution is 5.83. The van der Waals surface area contributed by atoms with Gasteiger partial charge in [0, 0.05) is 13.5 Å². The van der Waals surface area contributed by atoms with Crippen LogP contribution in [0.25, 0.3) is 0 Å². The highest BCUT2D eigenvalue weighted by Crippen LogP contribution is 2.32. The van der Waals surface area contributed by atoms with Crippen LogP contribution in [0.3, 0.4) is 0 Å². The van der Waals surface area contributed by atoms with E-state index in [9.17, 15) is 9.59 Å². The number of nitrogens with zero attached hydrogens (tertiary/aromatic N) is 1. The summed E-state index contributed by atoms with van der Waals surface area (Å²) in [5.41, 5.74) is 0.869. The molecule has 2 amide bonds. The molecule has 1 aromatic carbocycles. The van der Waals surface area contributed by atoms with E-state index in [0.717, 1.165) is 5.56 Å². The molecule has 1 aliphatic rings. The number of hydrogen-bond acceptors (Lipinski definition) is 5. The summed E-state index contributed by atoms with van der Waals surface area (Å²) < 4.78 is 15.7. The Balaban J connectivity index is 1.58. The van der Waals surface area contributed by atoms with Crippen LogP contribution in [0.15, 0.2) is 41.0 Å². The fourth-order valence-electron chi connectivity index (χ4n) is 2.37. The Kier molecular flexibility index (Phi) is 4.69. The number of amides is 2. The maximum Gasteiger partial charge on any atom is 0.240 e. The molecular formula is C17H18N2O5. The first-order valence-corrected chi connectivity index (χ1v) is 7.55. The number of carbonyl (C=O) groups is 2. The van der Waals surface area contributed by atoms with Crippen LogP contribution >= 0.6 is 0 Å². The van der Waals surface area contributed by atoms with E-state index in [2.05, 4.69) is 5.32 Å². The van der Waals surface area contributed by atoms with Crippen molar-refractivity contribution >= 4 is 11.8 Å². The number of hydrogen-bond donors (Lipinski definition) is 1. The van der Waals surface area contributed by atoms with Gasteiger partial charge in [-0.1, -0.05) is 6.07 Å². The summed E-state index contributed by atoms with van der Waals surface area (Å²) in [5, 5.41) is 2.73. The van der Waals surface area contributed by atoms with Crippen molar-refractivity contribution in [3.63, 3.8) is 0 Å². The van der Waals surface area contributed by atoms with Crippen molar-refractivity contribution in [3.8, 4) is 11.5 Å². The minimum Gasteiger partial charge on any atom is -0.467 e. The Bertz CT molecular complexity index is 727. The molecule has 0 saturated heterocycles. The van der Waals surface area contributed by atoms with E-state index in [1.807, 2.05) is 12.1 Å². The third-order valence-electron chi connectivity index (χ3n) is 3.63. The first-order chi connectivity index (χ1) is 11.6. The number of carbonyl (C=O) groups excluding carboxylic acids is 2. The molecule has 0 atom stereocenters. The summed E-state index contributed by atoms with van der Waals surface area (Å²) in [6.45, 7) is 2.23. The average molecular weight is 330 g/mol. The van der Waals surface area contributed by atoms with Crippen LogP contribution in [0, 0.1) is 0 Å². The van der Waals surface area contributed by atoms with Crippen LogP contribution in [0.5, 0.6) is 11.5 Å². The normalized spacial score (nSPS) is 12.0. The smallest absolute Gasteiger partial charge is 0.240 e. The Morgan fingerprint density at radius 3 is 2.79 bits per heavy atom. The maximum atomic E-state index is 12.0. The fourth-order valence-corrected chi connectivity index (χ4v) is 2.37. The quantitative estimate of drug-likeness (QED) is 0.871. The van der Waals surface area contributed by atoms with Crippen LogP contribution in [-0.2, 0) is 22.7 Å². The van der Waals surface area contributed by atoms with Crippen molar-refractivity contribution in [2.45, 2.75) is 20.0 Å². The summed E-state index contributed by atoms with van der Waals surface area (Å²) in [7, 11) is 0. The van der Waals surface area contributed by atoms with E-state index in [1.165, 1.54) is 11.8 Å². The molecule has 2 aromatic rings. The van der Waals surface area contributed by atoms with Gasteiger partial charge in [-0.15, -0.1) is 0 Å². The number of rotatable bonds is 6. The maximum absolute atomic E-state index is 12.0. The van der Waals surface area contributed by atoms with Crippen molar-refractivity contribution in [1.82, 2.24) is 10.2 Å². The number of benzene rings is 1. The molecule has 24 heavy (non-hydrogen) atoms. The van der Waals surface area contributed by atoms with Gasteiger partial charge in [-0.05, 0) is 29.8 Å². The number of furan rings is 1. The fraction of sp³-hybridized carbons (Fsp3) is 0.294. The Morgan fingerprint density at radius 2 is 2.04 bits per heavy atom. The van der Waals surface area contributed by atoms with Crippen LogP contribution < -0.4 is 14.8 Å².